The Morgan fingerprint density at radius 2 is 1.72 bits per heavy atom. The first kappa shape index (κ1) is 25.9. The Hall–Kier alpha value is -3.14. The molecule has 1 aliphatic heterocycles. The summed E-state index contributed by atoms with van der Waals surface area (Å²) in [5, 5.41) is 3.31. The number of rotatable bonds is 7. The smallest absolute Gasteiger partial charge is 0.353 e. The van der Waals surface area contributed by atoms with Crippen molar-refractivity contribution in [2.75, 3.05) is 41.3 Å². The minimum absolute atomic E-state index is 0.0480. The average molecular weight is 523 g/mol. The van der Waals surface area contributed by atoms with Crippen molar-refractivity contribution < 1.29 is 17.6 Å². The highest BCUT2D eigenvalue weighted by Gasteiger charge is 2.36. The first-order valence-electron chi connectivity index (χ1n) is 11.7. The second-order valence-corrected chi connectivity index (χ2v) is 9.34. The molecular weight excluding hydrogens is 496 g/mol. The third kappa shape index (κ3) is 6.34. The van der Waals surface area contributed by atoms with Crippen LogP contribution < -0.4 is 15.1 Å². The molecular formula is C25H27ClF4N6. The van der Waals surface area contributed by atoms with Crippen molar-refractivity contribution >= 4 is 29.2 Å². The number of anilines is 3. The molecule has 6 nitrogen and oxygen atoms in total. The quantitative estimate of drug-likeness (QED) is 0.407. The standard InChI is InChI=1S/C25H27ClF4N6/c1-16(2)32-24-33-18(7-5-17-6-8-21(27)20(26)14-17)15-22(34-24)35-10-12-36(13-11-35)23-19(25(28,29)30)4-3-9-31-23/h3-4,6,8-9,14-16H,5,7,10-13H2,1-2H3,(H,32,33,34). The summed E-state index contributed by atoms with van der Waals surface area (Å²) in [6.07, 6.45) is -1.88. The molecule has 0 aliphatic carbocycles. The molecule has 0 radical (unpaired) electrons. The van der Waals surface area contributed by atoms with Crippen LogP contribution in [0.2, 0.25) is 5.02 Å². The third-order valence-corrected chi connectivity index (χ3v) is 6.12. The molecule has 2 aromatic heterocycles. The molecule has 11 heteroatoms. The third-order valence-electron chi connectivity index (χ3n) is 5.83. The van der Waals surface area contributed by atoms with E-state index in [2.05, 4.69) is 20.3 Å². The van der Waals surface area contributed by atoms with E-state index in [0.29, 0.717) is 50.8 Å². The molecule has 1 fully saturated rings. The number of aryl methyl sites for hydroxylation is 2. The van der Waals surface area contributed by atoms with Gasteiger partial charge in [-0.25, -0.2) is 14.4 Å². The minimum Gasteiger partial charge on any atom is -0.353 e. The second-order valence-electron chi connectivity index (χ2n) is 8.94. The van der Waals surface area contributed by atoms with Gasteiger partial charge in [-0.1, -0.05) is 17.7 Å². The van der Waals surface area contributed by atoms with E-state index >= 15 is 0 Å². The van der Waals surface area contributed by atoms with Crippen LogP contribution in [0.5, 0.6) is 0 Å². The van der Waals surface area contributed by atoms with Crippen molar-refractivity contribution in [3.05, 3.63) is 70.3 Å². The maximum Gasteiger partial charge on any atom is 0.419 e. The number of halogens is 5. The van der Waals surface area contributed by atoms with Crippen LogP contribution in [0.3, 0.4) is 0 Å². The maximum absolute atomic E-state index is 13.5. The predicted octanol–water partition coefficient (Wildman–Crippen LogP) is 5.62. The van der Waals surface area contributed by atoms with E-state index in [0.717, 1.165) is 17.3 Å². The zero-order chi connectivity index (χ0) is 25.9. The Balaban J connectivity index is 1.50. The van der Waals surface area contributed by atoms with Gasteiger partial charge in [0, 0.05) is 50.2 Å². The lowest BCUT2D eigenvalue weighted by molar-refractivity contribution is -0.137. The lowest BCUT2D eigenvalue weighted by atomic mass is 10.1. The van der Waals surface area contributed by atoms with Gasteiger partial charge < -0.3 is 15.1 Å². The number of piperazine rings is 1. The minimum atomic E-state index is -4.46. The molecule has 1 aromatic carbocycles. The van der Waals surface area contributed by atoms with Crippen LogP contribution in [-0.4, -0.2) is 47.2 Å². The molecule has 1 N–H and O–H groups in total. The van der Waals surface area contributed by atoms with Gasteiger partial charge in [0.2, 0.25) is 5.95 Å². The van der Waals surface area contributed by atoms with E-state index < -0.39 is 17.6 Å². The summed E-state index contributed by atoms with van der Waals surface area (Å²) in [4.78, 5) is 17.0. The lowest BCUT2D eigenvalue weighted by Crippen LogP contribution is -2.47. The Kier molecular flexibility index (Phi) is 7.82. The van der Waals surface area contributed by atoms with Gasteiger partial charge in [0.1, 0.15) is 17.5 Å². The van der Waals surface area contributed by atoms with Crippen molar-refractivity contribution in [1.29, 1.82) is 0 Å². The number of hydrogen-bond acceptors (Lipinski definition) is 6. The van der Waals surface area contributed by atoms with E-state index in [1.807, 2.05) is 24.8 Å². The number of alkyl halides is 3. The Morgan fingerprint density at radius 1 is 1.00 bits per heavy atom. The normalized spacial score (nSPS) is 14.4. The van der Waals surface area contributed by atoms with E-state index in [-0.39, 0.29) is 16.9 Å². The van der Waals surface area contributed by atoms with Crippen molar-refractivity contribution in [3.63, 3.8) is 0 Å². The highest BCUT2D eigenvalue weighted by Crippen LogP contribution is 2.35. The number of pyridine rings is 1. The van der Waals surface area contributed by atoms with E-state index in [1.165, 1.54) is 18.3 Å². The predicted molar refractivity (Wildman–Crippen MR) is 133 cm³/mol. The molecule has 0 unspecified atom stereocenters. The van der Waals surface area contributed by atoms with Gasteiger partial charge in [0.25, 0.3) is 0 Å². The topological polar surface area (TPSA) is 57.2 Å². The molecule has 0 atom stereocenters. The van der Waals surface area contributed by atoms with Gasteiger partial charge in [0.05, 0.1) is 10.6 Å². The average Bonchev–Trinajstić information content (AvgIpc) is 2.84. The summed E-state index contributed by atoms with van der Waals surface area (Å²) in [6.45, 7) is 5.69. The summed E-state index contributed by atoms with van der Waals surface area (Å²) < 4.78 is 53.8. The Labute approximate surface area is 212 Å². The van der Waals surface area contributed by atoms with Crippen LogP contribution in [0.1, 0.15) is 30.7 Å². The molecule has 0 spiro atoms. The first-order chi connectivity index (χ1) is 17.1. The highest BCUT2D eigenvalue weighted by atomic mass is 35.5. The SMILES string of the molecule is CC(C)Nc1nc(CCc2ccc(F)c(Cl)c2)cc(N2CCN(c3ncccc3C(F)(F)F)CC2)n1. The van der Waals surface area contributed by atoms with Crippen LogP contribution in [0, 0.1) is 5.82 Å². The van der Waals surface area contributed by atoms with Gasteiger partial charge in [0.15, 0.2) is 0 Å². The van der Waals surface area contributed by atoms with Crippen LogP contribution in [-0.2, 0) is 19.0 Å². The molecule has 1 saturated heterocycles. The van der Waals surface area contributed by atoms with Gasteiger partial charge in [-0.05, 0) is 56.5 Å². The zero-order valence-corrected chi connectivity index (χ0v) is 20.7. The molecule has 3 heterocycles. The zero-order valence-electron chi connectivity index (χ0n) is 20.0. The fraction of sp³-hybridized carbons (Fsp3) is 0.400. The second kappa shape index (κ2) is 10.9. The Bertz CT molecular complexity index is 1200. The van der Waals surface area contributed by atoms with Crippen molar-refractivity contribution in [2.45, 2.75) is 38.9 Å². The molecule has 36 heavy (non-hydrogen) atoms. The van der Waals surface area contributed by atoms with Gasteiger partial charge in [-0.3, -0.25) is 0 Å². The van der Waals surface area contributed by atoms with Crippen molar-refractivity contribution in [1.82, 2.24) is 15.0 Å². The van der Waals surface area contributed by atoms with Crippen LogP contribution in [0.15, 0.2) is 42.6 Å². The van der Waals surface area contributed by atoms with Gasteiger partial charge in [-0.15, -0.1) is 0 Å². The number of benzene rings is 1. The molecule has 1 aliphatic rings. The number of aromatic nitrogens is 3. The molecule has 0 bridgehead atoms. The highest BCUT2D eigenvalue weighted by molar-refractivity contribution is 6.30. The number of nitrogens with one attached hydrogen (secondary N) is 1. The molecule has 0 amide bonds. The van der Waals surface area contributed by atoms with Crippen LogP contribution in [0.25, 0.3) is 0 Å². The summed E-state index contributed by atoms with van der Waals surface area (Å²) >= 11 is 5.91. The molecule has 4 rings (SSSR count). The van der Waals surface area contributed by atoms with E-state index in [1.54, 1.807) is 17.0 Å². The summed E-state index contributed by atoms with van der Waals surface area (Å²) in [6, 6.07) is 9.03. The van der Waals surface area contributed by atoms with Crippen LogP contribution in [0.4, 0.5) is 35.1 Å². The fourth-order valence-electron chi connectivity index (χ4n) is 4.08. The maximum atomic E-state index is 13.5. The first-order valence-corrected chi connectivity index (χ1v) is 12.1. The molecule has 192 valence electrons. The molecule has 3 aromatic rings. The molecule has 0 saturated carbocycles. The summed E-state index contributed by atoms with van der Waals surface area (Å²) in [5.74, 6) is 0.687. The van der Waals surface area contributed by atoms with Gasteiger partial charge >= 0.3 is 6.18 Å². The summed E-state index contributed by atoms with van der Waals surface area (Å²) in [5.41, 5.74) is 0.964. The lowest BCUT2D eigenvalue weighted by Gasteiger charge is -2.37. The monoisotopic (exact) mass is 522 g/mol. The Morgan fingerprint density at radius 3 is 2.39 bits per heavy atom. The number of hydrogen-bond donors (Lipinski definition) is 1. The van der Waals surface area contributed by atoms with E-state index in [9.17, 15) is 17.6 Å². The van der Waals surface area contributed by atoms with Crippen molar-refractivity contribution in [3.8, 4) is 0 Å². The fourth-order valence-corrected chi connectivity index (χ4v) is 4.28. The number of nitrogens with zero attached hydrogens (tertiary/aromatic N) is 5. The van der Waals surface area contributed by atoms with Crippen LogP contribution >= 0.6 is 11.6 Å². The summed E-state index contributed by atoms with van der Waals surface area (Å²) in [7, 11) is 0. The van der Waals surface area contributed by atoms with Gasteiger partial charge in [-0.2, -0.15) is 18.2 Å². The van der Waals surface area contributed by atoms with E-state index in [4.69, 9.17) is 11.6 Å². The van der Waals surface area contributed by atoms with Crippen molar-refractivity contribution in [2.24, 2.45) is 0 Å². The largest absolute Gasteiger partial charge is 0.419 e.